The van der Waals surface area contributed by atoms with Crippen LogP contribution in [0.2, 0.25) is 5.02 Å². The highest BCUT2D eigenvalue weighted by Crippen LogP contribution is 2.36. The molecular weight excluding hydrogens is 506 g/mol. The number of rotatable bonds is 10. The summed E-state index contributed by atoms with van der Waals surface area (Å²) in [6.07, 6.45) is 8.21. The lowest BCUT2D eigenvalue weighted by Crippen LogP contribution is -2.23. The second-order valence-corrected chi connectivity index (χ2v) is 9.64. The van der Waals surface area contributed by atoms with E-state index >= 15 is 0 Å². The molecule has 0 atom stereocenters. The van der Waals surface area contributed by atoms with E-state index in [1.54, 1.807) is 25.5 Å². The monoisotopic (exact) mass is 537 g/mol. The second kappa shape index (κ2) is 13.9. The summed E-state index contributed by atoms with van der Waals surface area (Å²) < 4.78 is 17.2. The fourth-order valence-electron chi connectivity index (χ4n) is 4.38. The fourth-order valence-corrected chi connectivity index (χ4v) is 4.82. The number of methoxy groups -OCH3 is 1. The maximum atomic E-state index is 6.48. The fraction of sp³-hybridized carbons (Fsp3) is 0.310. The molecule has 0 unspecified atom stereocenters. The largest absolute Gasteiger partial charge is 0.493 e. The lowest BCUT2D eigenvalue weighted by Gasteiger charge is -2.22. The Morgan fingerprint density at radius 2 is 1.73 bits per heavy atom. The molecule has 2 N–H and O–H groups in total. The molecule has 37 heavy (non-hydrogen) atoms. The van der Waals surface area contributed by atoms with E-state index in [0.717, 1.165) is 17.0 Å². The Morgan fingerprint density at radius 1 is 1.00 bits per heavy atom. The molecule has 3 aromatic rings. The van der Waals surface area contributed by atoms with Crippen LogP contribution in [-0.2, 0) is 0 Å². The molecule has 0 aliphatic heterocycles. The highest BCUT2D eigenvalue weighted by atomic mass is 35.5. The molecule has 0 bridgehead atoms. The van der Waals surface area contributed by atoms with Crippen molar-refractivity contribution in [2.75, 3.05) is 25.6 Å². The summed E-state index contributed by atoms with van der Waals surface area (Å²) in [6.45, 7) is 0.718. The van der Waals surface area contributed by atoms with E-state index in [0.29, 0.717) is 40.8 Å². The Labute approximate surface area is 229 Å². The van der Waals surface area contributed by atoms with Gasteiger partial charge in [0.15, 0.2) is 16.6 Å². The highest BCUT2D eigenvalue weighted by Gasteiger charge is 2.15. The Kier molecular flexibility index (Phi) is 10.0. The van der Waals surface area contributed by atoms with Gasteiger partial charge in [-0.15, -0.1) is 0 Å². The van der Waals surface area contributed by atoms with E-state index in [1.165, 1.54) is 37.7 Å². The van der Waals surface area contributed by atoms with Crippen molar-refractivity contribution in [3.8, 4) is 17.2 Å². The van der Waals surface area contributed by atoms with E-state index in [9.17, 15) is 0 Å². The van der Waals surface area contributed by atoms with Crippen LogP contribution in [0.25, 0.3) is 0 Å². The summed E-state index contributed by atoms with van der Waals surface area (Å²) in [5.41, 5.74) is 5.81. The van der Waals surface area contributed by atoms with E-state index < -0.39 is 0 Å². The molecule has 3 aromatic carbocycles. The molecule has 0 saturated heterocycles. The van der Waals surface area contributed by atoms with E-state index in [4.69, 9.17) is 38.0 Å². The first-order valence-electron chi connectivity index (χ1n) is 12.5. The van der Waals surface area contributed by atoms with Crippen LogP contribution >= 0.6 is 23.8 Å². The molecule has 0 radical (unpaired) electrons. The van der Waals surface area contributed by atoms with Crippen molar-refractivity contribution in [3.63, 3.8) is 0 Å². The first kappa shape index (κ1) is 26.8. The molecular formula is C29H32ClN3O3S. The van der Waals surface area contributed by atoms with Crippen LogP contribution in [0.1, 0.15) is 49.1 Å². The van der Waals surface area contributed by atoms with Gasteiger partial charge in [0, 0.05) is 5.69 Å². The number of nitrogens with one attached hydrogen (secondary N) is 2. The summed E-state index contributed by atoms with van der Waals surface area (Å²) >= 11 is 11.7. The minimum atomic E-state index is 0.328. The molecule has 6 nitrogen and oxygen atoms in total. The van der Waals surface area contributed by atoms with Gasteiger partial charge in [0.2, 0.25) is 0 Å². The summed E-state index contributed by atoms with van der Waals surface area (Å²) in [6, 6.07) is 21.6. The normalized spacial score (nSPS) is 13.8. The van der Waals surface area contributed by atoms with Gasteiger partial charge in [-0.05, 0) is 78.5 Å². The molecule has 1 aliphatic carbocycles. The Balaban J connectivity index is 1.25. The molecule has 1 saturated carbocycles. The van der Waals surface area contributed by atoms with Gasteiger partial charge in [-0.25, -0.2) is 0 Å². The highest BCUT2D eigenvalue weighted by molar-refractivity contribution is 7.80. The number of hydrazone groups is 1. The average molecular weight is 538 g/mol. The number of thiocarbonyl (C=S) groups is 1. The third kappa shape index (κ3) is 8.10. The smallest absolute Gasteiger partial charge is 0.191 e. The predicted molar refractivity (Wildman–Crippen MR) is 155 cm³/mol. The molecule has 194 valence electrons. The van der Waals surface area contributed by atoms with Gasteiger partial charge in [0.25, 0.3) is 0 Å². The van der Waals surface area contributed by atoms with Crippen molar-refractivity contribution in [2.24, 2.45) is 5.10 Å². The first-order valence-corrected chi connectivity index (χ1v) is 13.3. The average Bonchev–Trinajstić information content (AvgIpc) is 2.93. The predicted octanol–water partition coefficient (Wildman–Crippen LogP) is 7.17. The van der Waals surface area contributed by atoms with Crippen LogP contribution < -0.4 is 25.0 Å². The number of halogens is 1. The van der Waals surface area contributed by atoms with Crippen LogP contribution in [0.5, 0.6) is 17.2 Å². The minimum Gasteiger partial charge on any atom is -0.493 e. The molecule has 4 rings (SSSR count). The molecule has 1 fully saturated rings. The van der Waals surface area contributed by atoms with Gasteiger partial charge < -0.3 is 19.5 Å². The van der Waals surface area contributed by atoms with Crippen molar-refractivity contribution >= 4 is 40.8 Å². The van der Waals surface area contributed by atoms with E-state index in [-0.39, 0.29) is 0 Å². The number of benzene rings is 3. The lowest BCUT2D eigenvalue weighted by atomic mass is 9.84. The van der Waals surface area contributed by atoms with Crippen molar-refractivity contribution in [1.29, 1.82) is 0 Å². The zero-order valence-corrected chi connectivity index (χ0v) is 22.5. The van der Waals surface area contributed by atoms with E-state index in [2.05, 4.69) is 28.0 Å². The first-order chi connectivity index (χ1) is 18.1. The summed E-state index contributed by atoms with van der Waals surface area (Å²) in [4.78, 5) is 0. The van der Waals surface area contributed by atoms with Crippen molar-refractivity contribution < 1.29 is 14.2 Å². The number of anilines is 1. The maximum absolute atomic E-state index is 6.48. The third-order valence-corrected chi connectivity index (χ3v) is 6.69. The quantitative estimate of drug-likeness (QED) is 0.124. The van der Waals surface area contributed by atoms with Crippen molar-refractivity contribution in [3.05, 3.63) is 82.9 Å². The zero-order valence-electron chi connectivity index (χ0n) is 20.9. The number of ether oxygens (including phenoxy) is 3. The van der Waals surface area contributed by atoms with Gasteiger partial charge >= 0.3 is 0 Å². The van der Waals surface area contributed by atoms with E-state index in [1.807, 2.05) is 42.5 Å². The number of para-hydroxylation sites is 1. The number of hydrogen-bond donors (Lipinski definition) is 2. The second-order valence-electron chi connectivity index (χ2n) is 8.83. The Bertz CT molecular complexity index is 1180. The number of hydrogen-bond acceptors (Lipinski definition) is 5. The summed E-state index contributed by atoms with van der Waals surface area (Å²) in [7, 11) is 1.57. The maximum Gasteiger partial charge on any atom is 0.191 e. The van der Waals surface area contributed by atoms with Gasteiger partial charge in [-0.1, -0.05) is 61.2 Å². The lowest BCUT2D eigenvalue weighted by molar-refractivity contribution is 0.211. The van der Waals surface area contributed by atoms with Crippen LogP contribution in [0.3, 0.4) is 0 Å². The van der Waals surface area contributed by atoms with Crippen LogP contribution in [0.15, 0.2) is 71.8 Å². The summed E-state index contributed by atoms with van der Waals surface area (Å²) in [5, 5.41) is 8.03. The standard InChI is InChI=1S/C29H32ClN3O3S/c1-34-27-19-21(20-31-33-29(37)32-24-10-6-3-7-11-24)18-26(30)28(27)36-17-16-35-25-14-12-23(13-15-25)22-8-4-2-5-9-22/h3,6-7,10-15,18-20,22H,2,4-5,8-9,16-17H2,1H3,(H2,32,33,37)/b31-20-. The van der Waals surface area contributed by atoms with Gasteiger partial charge in [-0.3, -0.25) is 5.43 Å². The molecule has 0 spiro atoms. The minimum absolute atomic E-state index is 0.328. The molecule has 0 heterocycles. The molecule has 8 heteroatoms. The molecule has 1 aliphatic rings. The third-order valence-electron chi connectivity index (χ3n) is 6.22. The van der Waals surface area contributed by atoms with Crippen LogP contribution in [0, 0.1) is 0 Å². The SMILES string of the molecule is COc1cc(/C=N\NC(=S)Nc2ccccc2)cc(Cl)c1OCCOc1ccc(C2CCCCC2)cc1. The van der Waals surface area contributed by atoms with Crippen LogP contribution in [-0.4, -0.2) is 31.7 Å². The zero-order chi connectivity index (χ0) is 25.9. The number of nitrogens with zero attached hydrogens (tertiary/aromatic N) is 1. The Hall–Kier alpha value is -3.29. The topological polar surface area (TPSA) is 64.1 Å². The van der Waals surface area contributed by atoms with Crippen molar-refractivity contribution in [1.82, 2.24) is 5.43 Å². The van der Waals surface area contributed by atoms with Gasteiger partial charge in [-0.2, -0.15) is 5.10 Å². The Morgan fingerprint density at radius 3 is 2.46 bits per heavy atom. The summed E-state index contributed by atoms with van der Waals surface area (Å²) in [5.74, 6) is 2.50. The van der Waals surface area contributed by atoms with Crippen molar-refractivity contribution in [2.45, 2.75) is 38.0 Å². The van der Waals surface area contributed by atoms with Gasteiger partial charge in [0.1, 0.15) is 19.0 Å². The van der Waals surface area contributed by atoms with Crippen LogP contribution in [0.4, 0.5) is 5.69 Å². The molecule has 0 amide bonds. The van der Waals surface area contributed by atoms with Gasteiger partial charge in [0.05, 0.1) is 18.3 Å². The molecule has 0 aromatic heterocycles.